The molecule has 1 rings (SSSR count). The monoisotopic (exact) mass is 261 g/mol. The second-order valence-corrected chi connectivity index (χ2v) is 5.16. The molecule has 0 saturated carbocycles. The van der Waals surface area contributed by atoms with Crippen LogP contribution in [-0.4, -0.2) is 18.2 Å². The summed E-state index contributed by atoms with van der Waals surface area (Å²) in [5.41, 5.74) is 0.449. The number of carboxylic acid groups (broad SMARTS) is 1. The predicted molar refractivity (Wildman–Crippen MR) is 72.1 cm³/mol. The van der Waals surface area contributed by atoms with Crippen molar-refractivity contribution in [1.29, 1.82) is 5.26 Å². The van der Waals surface area contributed by atoms with Crippen LogP contribution in [0.2, 0.25) is 0 Å². The van der Waals surface area contributed by atoms with Crippen LogP contribution < -0.4 is 4.74 Å². The van der Waals surface area contributed by atoms with E-state index in [2.05, 4.69) is 0 Å². The highest BCUT2D eigenvalue weighted by Gasteiger charge is 2.33. The molecule has 1 aromatic carbocycles. The van der Waals surface area contributed by atoms with E-state index in [4.69, 9.17) is 15.1 Å². The lowest BCUT2D eigenvalue weighted by Crippen LogP contribution is -2.28. The van der Waals surface area contributed by atoms with Gasteiger partial charge in [-0.15, -0.1) is 0 Å². The topological polar surface area (TPSA) is 70.3 Å². The Morgan fingerprint density at radius 3 is 2.58 bits per heavy atom. The fraction of sp³-hybridized carbons (Fsp3) is 0.467. The van der Waals surface area contributed by atoms with Crippen LogP contribution in [0.15, 0.2) is 18.2 Å². The van der Waals surface area contributed by atoms with Crippen LogP contribution in [0.5, 0.6) is 5.75 Å². The van der Waals surface area contributed by atoms with Crippen molar-refractivity contribution >= 4 is 5.97 Å². The van der Waals surface area contributed by atoms with Crippen LogP contribution >= 0.6 is 0 Å². The average molecular weight is 261 g/mol. The second kappa shape index (κ2) is 5.75. The third-order valence-corrected chi connectivity index (χ3v) is 3.19. The minimum absolute atomic E-state index is 0.183. The quantitative estimate of drug-likeness (QED) is 0.884. The summed E-state index contributed by atoms with van der Waals surface area (Å²) in [6, 6.07) is 7.42. The third-order valence-electron chi connectivity index (χ3n) is 3.19. The molecule has 0 saturated heterocycles. The van der Waals surface area contributed by atoms with Crippen LogP contribution in [0.3, 0.4) is 0 Å². The Balaban J connectivity index is 3.14. The van der Waals surface area contributed by atoms with Crippen LogP contribution in [0.4, 0.5) is 0 Å². The lowest BCUT2D eigenvalue weighted by molar-refractivity contribution is -0.144. The molecule has 0 bridgehead atoms. The first-order valence-corrected chi connectivity index (χ1v) is 6.15. The summed E-state index contributed by atoms with van der Waals surface area (Å²) < 4.78 is 5.28. The van der Waals surface area contributed by atoms with Crippen molar-refractivity contribution in [3.05, 3.63) is 29.3 Å². The summed E-state index contributed by atoms with van der Waals surface area (Å²) in [5.74, 6) is -0.0438. The largest absolute Gasteiger partial charge is 0.496 e. The lowest BCUT2D eigenvalue weighted by Gasteiger charge is -2.18. The van der Waals surface area contributed by atoms with E-state index >= 15 is 0 Å². The summed E-state index contributed by atoms with van der Waals surface area (Å²) in [7, 11) is 1.61. The number of rotatable bonds is 5. The first-order chi connectivity index (χ1) is 8.84. The Hall–Kier alpha value is -2.02. The number of nitriles is 1. The van der Waals surface area contributed by atoms with Gasteiger partial charge in [0.25, 0.3) is 0 Å². The maximum atomic E-state index is 11.2. The average Bonchev–Trinajstić information content (AvgIpc) is 2.38. The summed E-state index contributed by atoms with van der Waals surface area (Å²) in [5, 5.41) is 18.2. The van der Waals surface area contributed by atoms with Gasteiger partial charge in [0.15, 0.2) is 5.41 Å². The van der Waals surface area contributed by atoms with Crippen LogP contribution in [0.25, 0.3) is 0 Å². The predicted octanol–water partition coefficient (Wildman–Crippen LogP) is 2.98. The Bertz CT molecular complexity index is 517. The van der Waals surface area contributed by atoms with E-state index in [1.807, 2.05) is 38.1 Å². The molecule has 19 heavy (non-hydrogen) atoms. The van der Waals surface area contributed by atoms with Gasteiger partial charge in [-0.1, -0.05) is 26.0 Å². The molecule has 1 unspecified atom stereocenters. The van der Waals surface area contributed by atoms with Crippen molar-refractivity contribution in [1.82, 2.24) is 0 Å². The van der Waals surface area contributed by atoms with Gasteiger partial charge in [0.2, 0.25) is 0 Å². The molecule has 0 aliphatic heterocycles. The molecular weight excluding hydrogens is 242 g/mol. The molecule has 0 radical (unpaired) electrons. The zero-order chi connectivity index (χ0) is 14.6. The molecule has 0 heterocycles. The van der Waals surface area contributed by atoms with Gasteiger partial charge in [-0.2, -0.15) is 5.26 Å². The second-order valence-electron chi connectivity index (χ2n) is 5.16. The van der Waals surface area contributed by atoms with Crippen LogP contribution in [-0.2, 0) is 11.2 Å². The highest BCUT2D eigenvalue weighted by atomic mass is 16.5. The van der Waals surface area contributed by atoms with Gasteiger partial charge in [0, 0.05) is 6.42 Å². The van der Waals surface area contributed by atoms with Crippen molar-refractivity contribution in [3.63, 3.8) is 0 Å². The summed E-state index contributed by atoms with van der Waals surface area (Å²) in [4.78, 5) is 11.2. The smallest absolute Gasteiger partial charge is 0.324 e. The molecule has 0 aliphatic rings. The van der Waals surface area contributed by atoms with Gasteiger partial charge in [0.1, 0.15) is 5.75 Å². The SMILES string of the molecule is COc1ccc(CC(C)(C#N)C(=O)O)cc1C(C)C. The van der Waals surface area contributed by atoms with Crippen molar-refractivity contribution in [3.8, 4) is 11.8 Å². The number of carbonyl (C=O) groups is 1. The van der Waals surface area contributed by atoms with Gasteiger partial charge in [-0.05, 0) is 30.0 Å². The molecule has 0 aromatic heterocycles. The Morgan fingerprint density at radius 2 is 2.16 bits per heavy atom. The Labute approximate surface area is 113 Å². The fourth-order valence-electron chi connectivity index (χ4n) is 1.92. The van der Waals surface area contributed by atoms with Gasteiger partial charge < -0.3 is 9.84 Å². The van der Waals surface area contributed by atoms with Crippen molar-refractivity contribution in [2.75, 3.05) is 7.11 Å². The number of nitrogens with zero attached hydrogens (tertiary/aromatic N) is 1. The molecule has 1 aromatic rings. The zero-order valence-electron chi connectivity index (χ0n) is 11.7. The highest BCUT2D eigenvalue weighted by molar-refractivity contribution is 5.77. The third kappa shape index (κ3) is 3.25. The van der Waals surface area contributed by atoms with Crippen molar-refractivity contribution in [2.24, 2.45) is 5.41 Å². The molecule has 0 fully saturated rings. The Kier molecular flexibility index (Phi) is 4.55. The zero-order valence-corrected chi connectivity index (χ0v) is 11.7. The summed E-state index contributed by atoms with van der Waals surface area (Å²) in [6.07, 6.45) is 0.183. The maximum Gasteiger partial charge on any atom is 0.324 e. The van der Waals surface area contributed by atoms with E-state index in [1.165, 1.54) is 6.92 Å². The molecule has 102 valence electrons. The molecule has 0 amide bonds. The van der Waals surface area contributed by atoms with Crippen molar-refractivity contribution < 1.29 is 14.6 Å². The van der Waals surface area contributed by atoms with E-state index in [9.17, 15) is 4.79 Å². The molecule has 1 atom stereocenters. The molecule has 0 spiro atoms. The van der Waals surface area contributed by atoms with Gasteiger partial charge in [-0.25, -0.2) is 0 Å². The number of benzene rings is 1. The molecule has 0 aliphatic carbocycles. The minimum Gasteiger partial charge on any atom is -0.496 e. The van der Waals surface area contributed by atoms with E-state index in [1.54, 1.807) is 7.11 Å². The highest BCUT2D eigenvalue weighted by Crippen LogP contribution is 2.30. The first kappa shape index (κ1) is 15.0. The van der Waals surface area contributed by atoms with E-state index < -0.39 is 11.4 Å². The lowest BCUT2D eigenvalue weighted by atomic mass is 9.84. The Morgan fingerprint density at radius 1 is 1.53 bits per heavy atom. The first-order valence-electron chi connectivity index (χ1n) is 6.15. The van der Waals surface area contributed by atoms with E-state index in [0.717, 1.165) is 16.9 Å². The number of methoxy groups -OCH3 is 1. The summed E-state index contributed by atoms with van der Waals surface area (Å²) >= 11 is 0. The normalized spacial score (nSPS) is 13.7. The molecule has 1 N–H and O–H groups in total. The minimum atomic E-state index is -1.40. The van der Waals surface area contributed by atoms with Gasteiger partial charge in [0.05, 0.1) is 13.2 Å². The van der Waals surface area contributed by atoms with Crippen LogP contribution in [0, 0.1) is 16.7 Å². The van der Waals surface area contributed by atoms with Gasteiger partial charge in [-0.3, -0.25) is 4.79 Å². The number of hydrogen-bond acceptors (Lipinski definition) is 3. The number of aliphatic carboxylic acids is 1. The molecular formula is C15H19NO3. The number of carboxylic acids is 1. The van der Waals surface area contributed by atoms with Gasteiger partial charge >= 0.3 is 5.97 Å². The van der Waals surface area contributed by atoms with Crippen LogP contribution in [0.1, 0.15) is 37.8 Å². The summed E-state index contributed by atoms with van der Waals surface area (Å²) in [6.45, 7) is 5.53. The maximum absolute atomic E-state index is 11.2. The number of hydrogen-bond donors (Lipinski definition) is 1. The van der Waals surface area contributed by atoms with Crippen molar-refractivity contribution in [2.45, 2.75) is 33.1 Å². The van der Waals surface area contributed by atoms with E-state index in [0.29, 0.717) is 0 Å². The number of ether oxygens (including phenoxy) is 1. The molecule has 4 nitrogen and oxygen atoms in total. The standard InChI is InChI=1S/C15H19NO3/c1-10(2)12-7-11(5-6-13(12)19-4)8-15(3,9-16)14(17)18/h5-7,10H,8H2,1-4H3,(H,17,18). The van der Waals surface area contributed by atoms with E-state index in [-0.39, 0.29) is 12.3 Å². The fourth-order valence-corrected chi connectivity index (χ4v) is 1.92. The molecule has 4 heteroatoms.